The zero-order chi connectivity index (χ0) is 15.0. The van der Waals surface area contributed by atoms with E-state index in [-0.39, 0.29) is 6.10 Å². The molecule has 3 aromatic rings. The summed E-state index contributed by atoms with van der Waals surface area (Å²) < 4.78 is 7.47. The minimum Gasteiger partial charge on any atom is -0.491 e. The average Bonchev–Trinajstić information content (AvgIpc) is 2.83. The van der Waals surface area contributed by atoms with E-state index in [4.69, 9.17) is 27.9 Å². The van der Waals surface area contributed by atoms with Crippen molar-refractivity contribution in [2.45, 2.75) is 20.0 Å². The Kier molecular flexibility index (Phi) is 3.79. The van der Waals surface area contributed by atoms with E-state index in [1.807, 2.05) is 48.7 Å². The molecule has 108 valence electrons. The number of rotatable bonds is 3. The van der Waals surface area contributed by atoms with Crippen molar-refractivity contribution in [1.29, 1.82) is 0 Å². The molecule has 0 spiro atoms. The lowest BCUT2D eigenvalue weighted by Crippen LogP contribution is -2.05. The number of halogens is 2. The third-order valence-corrected chi connectivity index (χ3v) is 3.48. The lowest BCUT2D eigenvalue weighted by atomic mass is 10.1. The Labute approximate surface area is 133 Å². The minimum absolute atomic E-state index is 0.159. The average molecular weight is 321 g/mol. The second-order valence-corrected chi connectivity index (χ2v) is 5.90. The van der Waals surface area contributed by atoms with Gasteiger partial charge in [-0.05, 0) is 44.2 Å². The predicted molar refractivity (Wildman–Crippen MR) is 86.4 cm³/mol. The summed E-state index contributed by atoms with van der Waals surface area (Å²) in [5.41, 5.74) is 2.54. The molecule has 2 aromatic heterocycles. The Morgan fingerprint density at radius 3 is 2.48 bits per heavy atom. The summed E-state index contributed by atoms with van der Waals surface area (Å²) in [7, 11) is 0. The molecule has 5 heteroatoms. The van der Waals surface area contributed by atoms with E-state index in [1.165, 1.54) is 0 Å². The number of hydrogen-bond donors (Lipinski definition) is 0. The quantitative estimate of drug-likeness (QED) is 0.671. The molecule has 0 amide bonds. The molecule has 0 saturated carbocycles. The van der Waals surface area contributed by atoms with Crippen molar-refractivity contribution in [3.63, 3.8) is 0 Å². The maximum atomic E-state index is 6.16. The number of imidazole rings is 1. The number of pyridine rings is 1. The van der Waals surface area contributed by atoms with Crippen molar-refractivity contribution in [3.05, 3.63) is 52.8 Å². The topological polar surface area (TPSA) is 26.5 Å². The fraction of sp³-hybridized carbons (Fsp3) is 0.188. The van der Waals surface area contributed by atoms with Crippen LogP contribution in [-0.4, -0.2) is 15.5 Å². The molecular weight excluding hydrogens is 307 g/mol. The van der Waals surface area contributed by atoms with Crippen molar-refractivity contribution in [2.75, 3.05) is 0 Å². The highest BCUT2D eigenvalue weighted by molar-refractivity contribution is 6.36. The molecule has 0 aliphatic carbocycles. The highest BCUT2D eigenvalue weighted by Crippen LogP contribution is 2.27. The predicted octanol–water partition coefficient (Wildman–Crippen LogP) is 5.10. The number of ether oxygens (including phenoxy) is 1. The Morgan fingerprint density at radius 2 is 1.81 bits per heavy atom. The van der Waals surface area contributed by atoms with Gasteiger partial charge in [-0.1, -0.05) is 23.2 Å². The summed E-state index contributed by atoms with van der Waals surface area (Å²) >= 11 is 12.2. The molecular formula is C16H14Cl2N2O. The zero-order valence-electron chi connectivity index (χ0n) is 11.7. The summed E-state index contributed by atoms with van der Waals surface area (Å²) in [6.45, 7) is 4.00. The van der Waals surface area contributed by atoms with Crippen LogP contribution in [0, 0.1) is 0 Å². The van der Waals surface area contributed by atoms with Crippen molar-refractivity contribution >= 4 is 28.8 Å². The van der Waals surface area contributed by atoms with Gasteiger partial charge in [0.05, 0.1) is 21.8 Å². The molecule has 21 heavy (non-hydrogen) atoms. The Hall–Kier alpha value is -1.71. The van der Waals surface area contributed by atoms with Gasteiger partial charge in [0.15, 0.2) is 5.65 Å². The zero-order valence-corrected chi connectivity index (χ0v) is 13.2. The van der Waals surface area contributed by atoms with Crippen LogP contribution in [0.2, 0.25) is 10.0 Å². The molecule has 0 unspecified atom stereocenters. The van der Waals surface area contributed by atoms with E-state index < -0.39 is 0 Å². The van der Waals surface area contributed by atoms with Crippen LogP contribution in [0.25, 0.3) is 16.9 Å². The summed E-state index contributed by atoms with van der Waals surface area (Å²) in [4.78, 5) is 4.55. The van der Waals surface area contributed by atoms with Gasteiger partial charge in [0.2, 0.25) is 0 Å². The highest BCUT2D eigenvalue weighted by Gasteiger charge is 2.09. The number of fused-ring (bicyclic) bond motifs is 1. The summed E-state index contributed by atoms with van der Waals surface area (Å²) in [6, 6.07) is 9.53. The number of hydrogen-bond acceptors (Lipinski definition) is 2. The van der Waals surface area contributed by atoms with E-state index in [1.54, 1.807) is 12.3 Å². The van der Waals surface area contributed by atoms with Crippen LogP contribution < -0.4 is 4.74 Å². The second kappa shape index (κ2) is 5.58. The number of benzene rings is 1. The molecule has 3 rings (SSSR count). The van der Waals surface area contributed by atoms with Gasteiger partial charge in [0.1, 0.15) is 5.75 Å². The van der Waals surface area contributed by atoms with E-state index in [0.717, 1.165) is 17.0 Å². The monoisotopic (exact) mass is 320 g/mol. The van der Waals surface area contributed by atoms with E-state index in [2.05, 4.69) is 4.98 Å². The number of nitrogens with zero attached hydrogens (tertiary/aromatic N) is 2. The fourth-order valence-electron chi connectivity index (χ4n) is 2.14. The molecule has 0 atom stereocenters. The van der Waals surface area contributed by atoms with Gasteiger partial charge in [-0.3, -0.25) is 0 Å². The molecule has 0 fully saturated rings. The maximum absolute atomic E-state index is 6.16. The number of aromatic nitrogens is 2. The van der Waals surface area contributed by atoms with Gasteiger partial charge in [0.25, 0.3) is 0 Å². The maximum Gasteiger partial charge on any atom is 0.156 e. The molecule has 0 aliphatic rings. The smallest absolute Gasteiger partial charge is 0.156 e. The van der Waals surface area contributed by atoms with Gasteiger partial charge in [-0.15, -0.1) is 0 Å². The first-order valence-electron chi connectivity index (χ1n) is 6.64. The summed E-state index contributed by atoms with van der Waals surface area (Å²) in [5.74, 6) is 0.846. The summed E-state index contributed by atoms with van der Waals surface area (Å²) in [6.07, 6.45) is 3.85. The van der Waals surface area contributed by atoms with Gasteiger partial charge in [-0.25, -0.2) is 4.98 Å². The van der Waals surface area contributed by atoms with Crippen LogP contribution in [0.4, 0.5) is 0 Å². The van der Waals surface area contributed by atoms with Crippen LogP contribution in [0.15, 0.2) is 42.7 Å². The standard InChI is InChI=1S/C16H14Cl2N2O/c1-10(2)21-13-5-3-11(4-6-13)15-9-20-8-12(17)7-14(18)16(20)19-15/h3-10H,1-2H3. The van der Waals surface area contributed by atoms with Crippen LogP contribution in [0.5, 0.6) is 5.75 Å². The first-order valence-corrected chi connectivity index (χ1v) is 7.39. The molecule has 3 nitrogen and oxygen atoms in total. The highest BCUT2D eigenvalue weighted by atomic mass is 35.5. The SMILES string of the molecule is CC(C)Oc1ccc(-c2cn3cc(Cl)cc(Cl)c3n2)cc1. The molecule has 0 radical (unpaired) electrons. The minimum atomic E-state index is 0.159. The third-order valence-electron chi connectivity index (χ3n) is 2.99. The van der Waals surface area contributed by atoms with Gasteiger partial charge in [-0.2, -0.15) is 0 Å². The lowest BCUT2D eigenvalue weighted by Gasteiger charge is -2.09. The first kappa shape index (κ1) is 14.2. The Morgan fingerprint density at radius 1 is 1.10 bits per heavy atom. The molecule has 0 saturated heterocycles. The first-order chi connectivity index (χ1) is 10.0. The van der Waals surface area contributed by atoms with Crippen LogP contribution in [-0.2, 0) is 0 Å². The fourth-order valence-corrected chi connectivity index (χ4v) is 2.67. The molecule has 0 aliphatic heterocycles. The van der Waals surface area contributed by atoms with Crippen molar-refractivity contribution < 1.29 is 4.74 Å². The van der Waals surface area contributed by atoms with Crippen molar-refractivity contribution in [2.24, 2.45) is 0 Å². The molecule has 0 N–H and O–H groups in total. The van der Waals surface area contributed by atoms with Crippen LogP contribution in [0.3, 0.4) is 0 Å². The lowest BCUT2D eigenvalue weighted by molar-refractivity contribution is 0.242. The van der Waals surface area contributed by atoms with Crippen molar-refractivity contribution in [3.8, 4) is 17.0 Å². The third kappa shape index (κ3) is 2.99. The molecule has 2 heterocycles. The van der Waals surface area contributed by atoms with Gasteiger partial charge >= 0.3 is 0 Å². The normalized spacial score (nSPS) is 11.3. The summed E-state index contributed by atoms with van der Waals surface area (Å²) in [5, 5.41) is 1.12. The largest absolute Gasteiger partial charge is 0.491 e. The van der Waals surface area contributed by atoms with Crippen LogP contribution >= 0.6 is 23.2 Å². The van der Waals surface area contributed by atoms with E-state index in [0.29, 0.717) is 15.7 Å². The second-order valence-electron chi connectivity index (χ2n) is 5.05. The Balaban J connectivity index is 1.98. The van der Waals surface area contributed by atoms with Crippen molar-refractivity contribution in [1.82, 2.24) is 9.38 Å². The Bertz CT molecular complexity index is 779. The van der Waals surface area contributed by atoms with Gasteiger partial charge in [0, 0.05) is 18.0 Å². The molecule has 0 bridgehead atoms. The molecule has 1 aromatic carbocycles. The van der Waals surface area contributed by atoms with Gasteiger partial charge < -0.3 is 9.14 Å². The van der Waals surface area contributed by atoms with E-state index in [9.17, 15) is 0 Å². The van der Waals surface area contributed by atoms with Crippen LogP contribution in [0.1, 0.15) is 13.8 Å². The van der Waals surface area contributed by atoms with E-state index >= 15 is 0 Å².